The molecule has 2 amide bonds. The molecule has 2 aromatic rings. The third-order valence-corrected chi connectivity index (χ3v) is 2.96. The maximum absolute atomic E-state index is 12.2. The highest BCUT2D eigenvalue weighted by Gasteiger charge is 2.13. The Labute approximate surface area is 121 Å². The maximum atomic E-state index is 12.2. The summed E-state index contributed by atoms with van der Waals surface area (Å²) in [5.74, 6) is -0.993. The van der Waals surface area contributed by atoms with Crippen LogP contribution in [-0.4, -0.2) is 33.9 Å². The molecule has 1 aromatic carbocycles. The predicted octanol–water partition coefficient (Wildman–Crippen LogP) is 1.94. The molecular weight excluding hydrogens is 272 g/mol. The number of anilines is 2. The lowest BCUT2D eigenvalue weighted by atomic mass is 10.2. The molecule has 0 aliphatic heterocycles. The first kappa shape index (κ1) is 14.6. The molecule has 0 unspecified atom stereocenters. The van der Waals surface area contributed by atoms with Gasteiger partial charge in [0, 0.05) is 18.9 Å². The van der Waals surface area contributed by atoms with E-state index in [0.29, 0.717) is 5.69 Å². The predicted molar refractivity (Wildman–Crippen MR) is 78.5 cm³/mol. The average molecular weight is 288 g/mol. The minimum Gasteiger partial charge on any atom is -0.480 e. The van der Waals surface area contributed by atoms with E-state index < -0.39 is 5.97 Å². The van der Waals surface area contributed by atoms with Gasteiger partial charge in [-0.1, -0.05) is 18.2 Å². The number of aliphatic carboxylic acids is 1. The Bertz CT molecular complexity index is 666. The van der Waals surface area contributed by atoms with Crippen molar-refractivity contribution in [3.8, 4) is 0 Å². The number of carbonyl (C=O) groups is 2. The number of carboxylic acids is 1. The molecule has 0 aliphatic rings. The van der Waals surface area contributed by atoms with Crippen LogP contribution in [0.5, 0.6) is 0 Å². The molecule has 0 atom stereocenters. The number of nitrogens with one attached hydrogen (secondary N) is 1. The number of aryl methyl sites for hydroxylation is 1. The molecule has 0 radical (unpaired) electrons. The van der Waals surface area contributed by atoms with Crippen molar-refractivity contribution in [3.05, 3.63) is 42.2 Å². The average Bonchev–Trinajstić information content (AvgIpc) is 2.84. The second-order valence-electron chi connectivity index (χ2n) is 4.60. The molecule has 2 N–H and O–H groups in total. The first-order valence-corrected chi connectivity index (χ1v) is 6.32. The summed E-state index contributed by atoms with van der Waals surface area (Å²) in [6.07, 6.45) is 2.88. The van der Waals surface area contributed by atoms with Crippen LogP contribution in [0.15, 0.2) is 36.7 Å². The molecule has 0 spiro atoms. The van der Waals surface area contributed by atoms with Gasteiger partial charge < -0.3 is 10.4 Å². The largest absolute Gasteiger partial charge is 0.480 e. The molecular formula is C14H16N4O3. The van der Waals surface area contributed by atoms with Gasteiger partial charge in [0.25, 0.3) is 0 Å². The van der Waals surface area contributed by atoms with E-state index in [2.05, 4.69) is 10.4 Å². The quantitative estimate of drug-likeness (QED) is 0.900. The summed E-state index contributed by atoms with van der Waals surface area (Å²) >= 11 is 0. The number of nitrogens with zero attached hydrogens (tertiary/aromatic N) is 3. The second-order valence-corrected chi connectivity index (χ2v) is 4.60. The molecule has 21 heavy (non-hydrogen) atoms. The van der Waals surface area contributed by atoms with Gasteiger partial charge in [-0.05, 0) is 18.6 Å². The Hall–Kier alpha value is -2.83. The molecule has 0 saturated carbocycles. The zero-order valence-corrected chi connectivity index (χ0v) is 11.8. The summed E-state index contributed by atoms with van der Waals surface area (Å²) < 4.78 is 1.24. The highest BCUT2D eigenvalue weighted by atomic mass is 16.4. The van der Waals surface area contributed by atoms with Gasteiger partial charge in [0.1, 0.15) is 6.54 Å². The van der Waals surface area contributed by atoms with E-state index in [1.54, 1.807) is 7.05 Å². The molecule has 110 valence electrons. The summed E-state index contributed by atoms with van der Waals surface area (Å²) in [5.41, 5.74) is 2.23. The highest BCUT2D eigenvalue weighted by Crippen LogP contribution is 2.18. The van der Waals surface area contributed by atoms with Gasteiger partial charge in [-0.3, -0.25) is 14.4 Å². The van der Waals surface area contributed by atoms with Crippen LogP contribution in [0.25, 0.3) is 0 Å². The smallest absolute Gasteiger partial charge is 0.326 e. The fraction of sp³-hybridized carbons (Fsp3) is 0.214. The summed E-state index contributed by atoms with van der Waals surface area (Å²) in [7, 11) is 1.67. The number of amides is 2. The third-order valence-electron chi connectivity index (χ3n) is 2.96. The van der Waals surface area contributed by atoms with Crippen LogP contribution < -0.4 is 10.2 Å². The minimum atomic E-state index is -0.993. The van der Waals surface area contributed by atoms with Crippen LogP contribution in [0, 0.1) is 6.92 Å². The van der Waals surface area contributed by atoms with Gasteiger partial charge >= 0.3 is 12.0 Å². The Morgan fingerprint density at radius 2 is 2.10 bits per heavy atom. The fourth-order valence-corrected chi connectivity index (χ4v) is 1.91. The monoisotopic (exact) mass is 288 g/mol. The number of rotatable bonds is 4. The third kappa shape index (κ3) is 3.59. The number of carbonyl (C=O) groups excluding carboxylic acids is 1. The van der Waals surface area contributed by atoms with Crippen LogP contribution in [0.2, 0.25) is 0 Å². The molecule has 0 bridgehead atoms. The van der Waals surface area contributed by atoms with Crippen LogP contribution in [0.3, 0.4) is 0 Å². The van der Waals surface area contributed by atoms with Gasteiger partial charge in [0.05, 0.1) is 11.9 Å². The van der Waals surface area contributed by atoms with Crippen molar-refractivity contribution in [2.45, 2.75) is 13.5 Å². The van der Waals surface area contributed by atoms with Crippen molar-refractivity contribution in [1.29, 1.82) is 0 Å². The van der Waals surface area contributed by atoms with Gasteiger partial charge in [0.15, 0.2) is 0 Å². The summed E-state index contributed by atoms with van der Waals surface area (Å²) in [5, 5.41) is 15.2. The number of hydrogen-bond donors (Lipinski definition) is 2. The lowest BCUT2D eigenvalue weighted by Crippen LogP contribution is -2.31. The Morgan fingerprint density at radius 1 is 1.38 bits per heavy atom. The van der Waals surface area contributed by atoms with E-state index in [9.17, 15) is 9.59 Å². The van der Waals surface area contributed by atoms with Crippen molar-refractivity contribution < 1.29 is 14.7 Å². The fourth-order valence-electron chi connectivity index (χ4n) is 1.91. The maximum Gasteiger partial charge on any atom is 0.326 e. The van der Waals surface area contributed by atoms with E-state index in [0.717, 1.165) is 11.3 Å². The molecule has 1 heterocycles. The Morgan fingerprint density at radius 3 is 2.76 bits per heavy atom. The van der Waals surface area contributed by atoms with Crippen molar-refractivity contribution in [1.82, 2.24) is 9.78 Å². The standard InChI is InChI=1S/C14H16N4O3/c1-10-5-3-4-6-12(10)17(2)14(21)16-11-7-15-18(8-11)9-13(19)20/h3-8H,9H2,1-2H3,(H,16,21)(H,19,20). The number of benzene rings is 1. The number of para-hydroxylation sites is 1. The molecule has 0 fully saturated rings. The highest BCUT2D eigenvalue weighted by molar-refractivity contribution is 6.01. The van der Waals surface area contributed by atoms with Gasteiger partial charge in [-0.2, -0.15) is 5.10 Å². The lowest BCUT2D eigenvalue weighted by Gasteiger charge is -2.19. The summed E-state index contributed by atoms with van der Waals surface area (Å²) in [6.45, 7) is 1.67. The molecule has 1 aromatic heterocycles. The van der Waals surface area contributed by atoms with E-state index in [1.165, 1.54) is 22.0 Å². The normalized spacial score (nSPS) is 10.2. The SMILES string of the molecule is Cc1ccccc1N(C)C(=O)Nc1cnn(CC(=O)O)c1. The number of carboxylic acid groups (broad SMARTS) is 1. The molecule has 7 heteroatoms. The number of urea groups is 1. The van der Waals surface area contributed by atoms with Crippen molar-refractivity contribution >= 4 is 23.4 Å². The van der Waals surface area contributed by atoms with E-state index in [4.69, 9.17) is 5.11 Å². The zero-order chi connectivity index (χ0) is 15.4. The second kappa shape index (κ2) is 6.08. The first-order valence-electron chi connectivity index (χ1n) is 6.32. The molecule has 0 aliphatic carbocycles. The van der Waals surface area contributed by atoms with Gasteiger partial charge in [-0.25, -0.2) is 4.79 Å². The molecule has 7 nitrogen and oxygen atoms in total. The lowest BCUT2D eigenvalue weighted by molar-refractivity contribution is -0.137. The number of hydrogen-bond acceptors (Lipinski definition) is 3. The van der Waals surface area contributed by atoms with Crippen LogP contribution >= 0.6 is 0 Å². The topological polar surface area (TPSA) is 87.5 Å². The van der Waals surface area contributed by atoms with Crippen LogP contribution in [0.1, 0.15) is 5.56 Å². The van der Waals surface area contributed by atoms with E-state index >= 15 is 0 Å². The van der Waals surface area contributed by atoms with Crippen molar-refractivity contribution in [3.63, 3.8) is 0 Å². The Kier molecular flexibility index (Phi) is 4.22. The molecule has 0 saturated heterocycles. The van der Waals surface area contributed by atoms with Crippen LogP contribution in [0.4, 0.5) is 16.2 Å². The van der Waals surface area contributed by atoms with Crippen molar-refractivity contribution in [2.75, 3.05) is 17.3 Å². The number of aromatic nitrogens is 2. The molecule has 2 rings (SSSR count). The van der Waals surface area contributed by atoms with Gasteiger partial charge in [0.2, 0.25) is 0 Å². The Balaban J connectivity index is 2.06. The van der Waals surface area contributed by atoms with Crippen LogP contribution in [-0.2, 0) is 11.3 Å². The summed E-state index contributed by atoms with van der Waals surface area (Å²) in [6, 6.07) is 7.21. The summed E-state index contributed by atoms with van der Waals surface area (Å²) in [4.78, 5) is 24.2. The first-order chi connectivity index (χ1) is 9.97. The van der Waals surface area contributed by atoms with E-state index in [-0.39, 0.29) is 12.6 Å². The minimum absolute atomic E-state index is 0.247. The zero-order valence-electron chi connectivity index (χ0n) is 11.8. The van der Waals surface area contributed by atoms with Gasteiger partial charge in [-0.15, -0.1) is 0 Å². The van der Waals surface area contributed by atoms with E-state index in [1.807, 2.05) is 31.2 Å². The van der Waals surface area contributed by atoms with Crippen molar-refractivity contribution in [2.24, 2.45) is 0 Å².